The monoisotopic (exact) mass is 533 g/mol. The number of rotatable bonds is 23. The molecular weight excluding hydrogens is 478 g/mol. The summed E-state index contributed by atoms with van der Waals surface area (Å²) >= 11 is 8.66. The lowest BCUT2D eigenvalue weighted by molar-refractivity contribution is 0.532. The minimum atomic E-state index is 0.858. The smallest absolute Gasteiger partial charge is 0.0562 e. The lowest BCUT2D eigenvalue weighted by Gasteiger charge is -2.25. The fourth-order valence-electron chi connectivity index (χ4n) is 4.88. The van der Waals surface area contributed by atoms with Gasteiger partial charge in [-0.25, -0.2) is 0 Å². The second kappa shape index (κ2) is 22.2. The highest BCUT2D eigenvalue weighted by Crippen LogP contribution is 2.34. The van der Waals surface area contributed by atoms with E-state index in [4.69, 9.17) is 11.6 Å². The Kier molecular flexibility index (Phi) is 20.4. The van der Waals surface area contributed by atoms with E-state index in [0.29, 0.717) is 0 Å². The van der Waals surface area contributed by atoms with Crippen LogP contribution in [-0.2, 0) is 0 Å². The van der Waals surface area contributed by atoms with Gasteiger partial charge in [-0.05, 0) is 61.6 Å². The van der Waals surface area contributed by atoms with Crippen molar-refractivity contribution in [3.63, 3.8) is 0 Å². The molecule has 0 saturated heterocycles. The molecule has 36 heavy (non-hydrogen) atoms. The molecule has 1 nitrogen and oxygen atoms in total. The van der Waals surface area contributed by atoms with Crippen LogP contribution in [0.3, 0.4) is 0 Å². The zero-order valence-corrected chi connectivity index (χ0v) is 25.8. The predicted molar refractivity (Wildman–Crippen MR) is 171 cm³/mol. The minimum Gasteiger partial charge on any atom is -0.372 e. The van der Waals surface area contributed by atoms with E-state index < -0.39 is 0 Å². The highest BCUT2D eigenvalue weighted by molar-refractivity contribution is 8.02. The van der Waals surface area contributed by atoms with Crippen molar-refractivity contribution in [2.45, 2.75) is 130 Å². The SMILES string of the molecule is C=Cc1cc(N(CC)CC)c(C(Cl)=CSCCCCCCCCCCCCCCCCCC)cc1C. The topological polar surface area (TPSA) is 3.24 Å². The van der Waals surface area contributed by atoms with Crippen LogP contribution in [0.4, 0.5) is 5.69 Å². The number of halogens is 1. The highest BCUT2D eigenvalue weighted by atomic mass is 35.5. The van der Waals surface area contributed by atoms with Crippen LogP contribution in [0.2, 0.25) is 0 Å². The highest BCUT2D eigenvalue weighted by Gasteiger charge is 2.13. The molecule has 0 atom stereocenters. The second-order valence-electron chi connectivity index (χ2n) is 10.2. The van der Waals surface area contributed by atoms with Gasteiger partial charge >= 0.3 is 0 Å². The zero-order chi connectivity index (χ0) is 26.4. The van der Waals surface area contributed by atoms with Crippen molar-refractivity contribution in [3.8, 4) is 0 Å². The number of hydrogen-bond acceptors (Lipinski definition) is 2. The Morgan fingerprint density at radius 2 is 1.25 bits per heavy atom. The second-order valence-corrected chi connectivity index (χ2v) is 11.6. The van der Waals surface area contributed by atoms with Gasteiger partial charge < -0.3 is 4.90 Å². The molecule has 0 radical (unpaired) electrons. The first kappa shape index (κ1) is 33.2. The van der Waals surface area contributed by atoms with Gasteiger partial charge in [-0.15, -0.1) is 11.8 Å². The summed E-state index contributed by atoms with van der Waals surface area (Å²) in [6.45, 7) is 14.8. The van der Waals surface area contributed by atoms with E-state index in [-0.39, 0.29) is 0 Å². The summed E-state index contributed by atoms with van der Waals surface area (Å²) in [4.78, 5) is 2.37. The third-order valence-electron chi connectivity index (χ3n) is 7.27. The number of unbranched alkanes of at least 4 members (excludes halogenated alkanes) is 15. The maximum absolute atomic E-state index is 6.80. The van der Waals surface area contributed by atoms with Crippen molar-refractivity contribution in [2.75, 3.05) is 23.7 Å². The lowest BCUT2D eigenvalue weighted by Crippen LogP contribution is -2.23. The summed E-state index contributed by atoms with van der Waals surface area (Å²) in [6.07, 6.45) is 24.6. The van der Waals surface area contributed by atoms with Gasteiger partial charge in [-0.2, -0.15) is 0 Å². The minimum absolute atomic E-state index is 0.858. The maximum atomic E-state index is 6.80. The van der Waals surface area contributed by atoms with Crippen LogP contribution >= 0.6 is 23.4 Å². The Morgan fingerprint density at radius 3 is 1.69 bits per heavy atom. The number of thioether (sulfide) groups is 1. The lowest BCUT2D eigenvalue weighted by atomic mass is 10.0. The molecule has 0 amide bonds. The third-order valence-corrected chi connectivity index (χ3v) is 8.64. The van der Waals surface area contributed by atoms with E-state index in [1.165, 1.54) is 120 Å². The fourth-order valence-corrected chi connectivity index (χ4v) is 5.98. The molecule has 0 aliphatic carbocycles. The Bertz CT molecular complexity index is 723. The molecular formula is C33H56ClNS. The molecule has 1 rings (SSSR count). The molecule has 0 aromatic heterocycles. The van der Waals surface area contributed by atoms with Crippen molar-refractivity contribution >= 4 is 40.2 Å². The van der Waals surface area contributed by atoms with Gasteiger partial charge in [-0.1, -0.05) is 127 Å². The van der Waals surface area contributed by atoms with Crippen LogP contribution in [0.1, 0.15) is 140 Å². The summed E-state index contributed by atoms with van der Waals surface area (Å²) in [7, 11) is 0. The van der Waals surface area contributed by atoms with Gasteiger partial charge in [0.15, 0.2) is 0 Å². The Labute approximate surface area is 234 Å². The number of hydrogen-bond donors (Lipinski definition) is 0. The van der Waals surface area contributed by atoms with Crippen LogP contribution < -0.4 is 4.90 Å². The van der Waals surface area contributed by atoms with Crippen molar-refractivity contribution in [3.05, 3.63) is 40.8 Å². The van der Waals surface area contributed by atoms with Gasteiger partial charge in [0, 0.05) is 24.3 Å². The average Bonchev–Trinajstić information content (AvgIpc) is 2.89. The molecule has 0 aliphatic rings. The van der Waals surface area contributed by atoms with Gasteiger partial charge in [0.05, 0.1) is 5.03 Å². The Balaban J connectivity index is 2.17. The normalized spacial score (nSPS) is 11.8. The van der Waals surface area contributed by atoms with E-state index >= 15 is 0 Å². The first-order valence-electron chi connectivity index (χ1n) is 15.1. The third kappa shape index (κ3) is 14.2. The van der Waals surface area contributed by atoms with Crippen LogP contribution in [0, 0.1) is 6.92 Å². The molecule has 0 heterocycles. The van der Waals surface area contributed by atoms with Gasteiger partial charge in [-0.3, -0.25) is 0 Å². The maximum Gasteiger partial charge on any atom is 0.0562 e. The van der Waals surface area contributed by atoms with Crippen LogP contribution in [-0.4, -0.2) is 18.8 Å². The van der Waals surface area contributed by atoms with E-state index in [9.17, 15) is 0 Å². The average molecular weight is 534 g/mol. The summed E-state index contributed by atoms with van der Waals surface area (Å²) in [5.41, 5.74) is 4.77. The fraction of sp³-hybridized carbons (Fsp3) is 0.697. The van der Waals surface area contributed by atoms with Crippen molar-refractivity contribution < 1.29 is 0 Å². The molecule has 0 bridgehead atoms. The van der Waals surface area contributed by atoms with E-state index in [2.05, 4.69) is 56.7 Å². The van der Waals surface area contributed by atoms with Crippen LogP contribution in [0.25, 0.3) is 11.1 Å². The molecule has 0 spiro atoms. The molecule has 1 aromatic carbocycles. The summed E-state index contributed by atoms with van der Waals surface area (Å²) in [6, 6.07) is 4.46. The molecule has 206 valence electrons. The van der Waals surface area contributed by atoms with E-state index in [1.54, 1.807) is 0 Å². The summed E-state index contributed by atoms with van der Waals surface area (Å²) < 4.78 is 0. The largest absolute Gasteiger partial charge is 0.372 e. The number of benzene rings is 1. The predicted octanol–water partition coefficient (Wildman–Crippen LogP) is 12.0. The van der Waals surface area contributed by atoms with Crippen LogP contribution in [0.15, 0.2) is 24.1 Å². The molecule has 0 aliphatic heterocycles. The zero-order valence-electron chi connectivity index (χ0n) is 24.2. The molecule has 3 heteroatoms. The number of aryl methyl sites for hydroxylation is 1. The van der Waals surface area contributed by atoms with Crippen molar-refractivity contribution in [1.29, 1.82) is 0 Å². The first-order valence-corrected chi connectivity index (χ1v) is 16.5. The van der Waals surface area contributed by atoms with E-state index in [1.807, 2.05) is 17.8 Å². The molecule has 0 unspecified atom stereocenters. The van der Waals surface area contributed by atoms with Gasteiger partial charge in [0.25, 0.3) is 0 Å². The summed E-state index contributed by atoms with van der Waals surface area (Å²) in [5, 5.41) is 3.01. The van der Waals surface area contributed by atoms with Crippen molar-refractivity contribution in [1.82, 2.24) is 0 Å². The quantitative estimate of drug-likeness (QED) is 0.129. The first-order chi connectivity index (χ1) is 17.6. The van der Waals surface area contributed by atoms with Crippen molar-refractivity contribution in [2.24, 2.45) is 0 Å². The van der Waals surface area contributed by atoms with Gasteiger partial charge in [0.2, 0.25) is 0 Å². The molecule has 1 aromatic rings. The molecule has 0 N–H and O–H groups in total. The van der Waals surface area contributed by atoms with E-state index in [0.717, 1.165) is 29.4 Å². The van der Waals surface area contributed by atoms with Crippen LogP contribution in [0.5, 0.6) is 0 Å². The molecule has 0 fully saturated rings. The Morgan fingerprint density at radius 1 is 0.778 bits per heavy atom. The molecule has 0 saturated carbocycles. The summed E-state index contributed by atoms with van der Waals surface area (Å²) in [5.74, 6) is 1.15. The standard InChI is InChI=1S/C33H56ClNS/c1-6-10-11-12-13-14-15-16-17-18-19-20-21-22-23-24-25-36-28-32(34)31-26-29(5)30(7-2)27-33(31)35(8-3)9-4/h7,26-28H,2,6,8-25H2,1,3-5H3. The van der Waals surface area contributed by atoms with Gasteiger partial charge in [0.1, 0.15) is 0 Å². The number of nitrogens with zero attached hydrogens (tertiary/aromatic N) is 1. The Hall–Kier alpha value is -0.860. The number of anilines is 1.